The molecule has 0 amide bonds. The summed E-state index contributed by atoms with van der Waals surface area (Å²) < 4.78 is 0. The van der Waals surface area contributed by atoms with E-state index in [-0.39, 0.29) is 0 Å². The highest BCUT2D eigenvalue weighted by Gasteiger charge is 2.67. The van der Waals surface area contributed by atoms with E-state index in [1.165, 1.54) is 19.3 Å². The van der Waals surface area contributed by atoms with Crippen LogP contribution in [0.4, 0.5) is 0 Å². The van der Waals surface area contributed by atoms with E-state index in [0.29, 0.717) is 12.0 Å². The first-order chi connectivity index (χ1) is 6.90. The molecule has 4 aliphatic rings. The van der Waals surface area contributed by atoms with Crippen LogP contribution in [-0.4, -0.2) is 11.8 Å². The van der Waals surface area contributed by atoms with Gasteiger partial charge in [0.05, 0.1) is 6.04 Å². The predicted octanol–water partition coefficient (Wildman–Crippen LogP) is 1.13. The molecule has 1 aliphatic heterocycles. The molecule has 3 fully saturated rings. The first-order valence-corrected chi connectivity index (χ1v) is 5.63. The van der Waals surface area contributed by atoms with Crippen molar-refractivity contribution in [1.82, 2.24) is 5.43 Å². The summed E-state index contributed by atoms with van der Waals surface area (Å²) in [6.45, 7) is 0. The van der Waals surface area contributed by atoms with Crippen molar-refractivity contribution in [3.63, 3.8) is 0 Å². The number of hydrogen-bond donors (Lipinski definition) is 1. The summed E-state index contributed by atoms with van der Waals surface area (Å²) in [5.74, 6) is 4.30. The predicted molar refractivity (Wildman–Crippen MR) is 51.3 cm³/mol. The van der Waals surface area contributed by atoms with Crippen LogP contribution in [0.3, 0.4) is 0 Å². The van der Waals surface area contributed by atoms with Crippen molar-refractivity contribution in [2.75, 3.05) is 0 Å². The van der Waals surface area contributed by atoms with Crippen LogP contribution < -0.4 is 5.43 Å². The van der Waals surface area contributed by atoms with E-state index in [2.05, 4.69) is 16.6 Å². The van der Waals surface area contributed by atoms with Gasteiger partial charge in [0.1, 0.15) is 11.8 Å². The lowest BCUT2D eigenvalue weighted by Crippen LogP contribution is -2.29. The molecule has 5 atom stereocenters. The van der Waals surface area contributed by atoms with Gasteiger partial charge in [-0.1, -0.05) is 0 Å². The monoisotopic (exact) mass is 187 g/mol. The van der Waals surface area contributed by atoms with Gasteiger partial charge < -0.3 is 5.43 Å². The summed E-state index contributed by atoms with van der Waals surface area (Å²) >= 11 is 0. The minimum atomic E-state index is 0.463. The van der Waals surface area contributed by atoms with Crippen molar-refractivity contribution in [3.8, 4) is 6.07 Å². The Balaban J connectivity index is 1.57. The van der Waals surface area contributed by atoms with Crippen LogP contribution >= 0.6 is 0 Å². The van der Waals surface area contributed by atoms with Gasteiger partial charge in [-0.2, -0.15) is 10.4 Å². The van der Waals surface area contributed by atoms with Crippen molar-refractivity contribution >= 4 is 5.71 Å². The zero-order valence-electron chi connectivity index (χ0n) is 7.98. The SMILES string of the molecule is N#CC1=NNC2C1C[C@H]1[C@@H](C3CC3)[C@@H]21. The molecule has 0 bridgehead atoms. The summed E-state index contributed by atoms with van der Waals surface area (Å²) in [6, 6.07) is 2.75. The Morgan fingerprint density at radius 1 is 1.36 bits per heavy atom. The Bertz CT molecular complexity index is 363. The standard InChI is InChI=1S/C11H13N3/c12-4-8-6-3-7-9(5-1-2-5)10(7)11(6)14-13-8/h5-7,9-11,14H,1-3H2/t6?,7-,9+,10-,11?/m0/s1. The Kier molecular flexibility index (Phi) is 1.11. The highest BCUT2D eigenvalue weighted by atomic mass is 15.4. The van der Waals surface area contributed by atoms with E-state index >= 15 is 0 Å². The minimum absolute atomic E-state index is 0.463. The van der Waals surface area contributed by atoms with E-state index in [0.717, 1.165) is 29.4 Å². The lowest BCUT2D eigenvalue weighted by atomic mass is 9.91. The summed E-state index contributed by atoms with van der Waals surface area (Å²) in [5.41, 5.74) is 3.95. The Hall–Kier alpha value is -1.04. The smallest absolute Gasteiger partial charge is 0.142 e. The second-order valence-electron chi connectivity index (χ2n) is 5.26. The Labute approximate surface area is 83.2 Å². The number of nitriles is 1. The number of rotatable bonds is 1. The van der Waals surface area contributed by atoms with Gasteiger partial charge in [-0.3, -0.25) is 0 Å². The molecule has 0 radical (unpaired) electrons. The van der Waals surface area contributed by atoms with Gasteiger partial charge in [0, 0.05) is 5.92 Å². The van der Waals surface area contributed by atoms with Crippen molar-refractivity contribution in [1.29, 1.82) is 5.26 Å². The fourth-order valence-corrected chi connectivity index (χ4v) is 3.89. The lowest BCUT2D eigenvalue weighted by molar-refractivity contribution is 0.410. The third-order valence-electron chi connectivity index (χ3n) is 4.63. The zero-order chi connectivity index (χ0) is 9.28. The number of nitrogens with one attached hydrogen (secondary N) is 1. The van der Waals surface area contributed by atoms with Crippen LogP contribution in [0.25, 0.3) is 0 Å². The van der Waals surface area contributed by atoms with E-state index in [4.69, 9.17) is 5.26 Å². The fourth-order valence-electron chi connectivity index (χ4n) is 3.89. The van der Waals surface area contributed by atoms with Crippen molar-refractivity contribution in [2.24, 2.45) is 34.7 Å². The molecule has 3 aliphatic carbocycles. The maximum atomic E-state index is 8.88. The summed E-state index contributed by atoms with van der Waals surface area (Å²) in [7, 11) is 0. The van der Waals surface area contributed by atoms with Crippen molar-refractivity contribution < 1.29 is 0 Å². The average Bonchev–Trinajstić information content (AvgIpc) is 3.04. The maximum Gasteiger partial charge on any atom is 0.142 e. The van der Waals surface area contributed by atoms with E-state index < -0.39 is 0 Å². The average molecular weight is 187 g/mol. The molecule has 0 saturated heterocycles. The molecule has 1 heterocycles. The molecule has 0 spiro atoms. The first-order valence-electron chi connectivity index (χ1n) is 5.63. The second-order valence-corrected chi connectivity index (χ2v) is 5.26. The normalized spacial score (nSPS) is 52.8. The van der Waals surface area contributed by atoms with Crippen LogP contribution in [-0.2, 0) is 0 Å². The van der Waals surface area contributed by atoms with Gasteiger partial charge in [-0.15, -0.1) is 0 Å². The van der Waals surface area contributed by atoms with Crippen LogP contribution in [0.1, 0.15) is 19.3 Å². The van der Waals surface area contributed by atoms with E-state index in [9.17, 15) is 0 Å². The third kappa shape index (κ3) is 0.716. The molecule has 3 saturated carbocycles. The molecule has 2 unspecified atom stereocenters. The van der Waals surface area contributed by atoms with Gasteiger partial charge in [0.2, 0.25) is 0 Å². The minimum Gasteiger partial charge on any atom is -0.305 e. The highest BCUT2D eigenvalue weighted by Crippen LogP contribution is 2.67. The topological polar surface area (TPSA) is 48.2 Å². The molecule has 14 heavy (non-hydrogen) atoms. The quantitative estimate of drug-likeness (QED) is 0.669. The molecule has 0 aromatic carbocycles. The molecule has 1 N–H and O–H groups in total. The highest BCUT2D eigenvalue weighted by molar-refractivity contribution is 6.02. The molecule has 72 valence electrons. The van der Waals surface area contributed by atoms with Gasteiger partial charge in [0.25, 0.3) is 0 Å². The van der Waals surface area contributed by atoms with E-state index in [1.54, 1.807) is 0 Å². The second kappa shape index (κ2) is 2.13. The van der Waals surface area contributed by atoms with Gasteiger partial charge in [0.15, 0.2) is 0 Å². The van der Waals surface area contributed by atoms with Crippen LogP contribution in [0.15, 0.2) is 5.10 Å². The number of fused-ring (bicyclic) bond motifs is 3. The van der Waals surface area contributed by atoms with E-state index in [1.807, 2.05) is 0 Å². The third-order valence-corrected chi connectivity index (χ3v) is 4.63. The van der Waals surface area contributed by atoms with Crippen LogP contribution in [0, 0.1) is 40.9 Å². The van der Waals surface area contributed by atoms with Gasteiger partial charge in [-0.25, -0.2) is 0 Å². The maximum absolute atomic E-state index is 8.88. The molecule has 0 aromatic heterocycles. The molecular formula is C11H13N3. The van der Waals surface area contributed by atoms with Crippen molar-refractivity contribution in [3.05, 3.63) is 0 Å². The first kappa shape index (κ1) is 7.28. The van der Waals surface area contributed by atoms with Gasteiger partial charge in [-0.05, 0) is 42.9 Å². The summed E-state index contributed by atoms with van der Waals surface area (Å²) in [4.78, 5) is 0. The van der Waals surface area contributed by atoms with Crippen LogP contribution in [0.2, 0.25) is 0 Å². The summed E-state index contributed by atoms with van der Waals surface area (Å²) in [5, 5.41) is 13.0. The molecule has 3 nitrogen and oxygen atoms in total. The molecule has 4 rings (SSSR count). The fraction of sp³-hybridized carbons (Fsp3) is 0.818. The molecular weight excluding hydrogens is 174 g/mol. The number of hydrogen-bond acceptors (Lipinski definition) is 3. The Morgan fingerprint density at radius 2 is 2.21 bits per heavy atom. The molecule has 3 heteroatoms. The molecule has 0 aromatic rings. The largest absolute Gasteiger partial charge is 0.305 e. The lowest BCUT2D eigenvalue weighted by Gasteiger charge is -2.14. The Morgan fingerprint density at radius 3 is 2.93 bits per heavy atom. The number of hydrazone groups is 1. The van der Waals surface area contributed by atoms with Crippen LogP contribution in [0.5, 0.6) is 0 Å². The summed E-state index contributed by atoms with van der Waals surface area (Å²) in [6.07, 6.45) is 4.15. The van der Waals surface area contributed by atoms with Crippen molar-refractivity contribution in [2.45, 2.75) is 25.3 Å². The zero-order valence-corrected chi connectivity index (χ0v) is 7.98. The van der Waals surface area contributed by atoms with Gasteiger partial charge >= 0.3 is 0 Å². The number of nitrogens with zero attached hydrogens (tertiary/aromatic N) is 2.